The second kappa shape index (κ2) is 25.4. The monoisotopic (exact) mass is 822 g/mol. The van der Waals surface area contributed by atoms with E-state index >= 15 is 0 Å². The minimum absolute atomic E-state index is 0. The quantitative estimate of drug-likeness (QED) is 0.0441. The fourth-order valence-electron chi connectivity index (χ4n) is 5.79. The van der Waals surface area contributed by atoms with Crippen LogP contribution < -0.4 is 14.6 Å². The van der Waals surface area contributed by atoms with Crippen LogP contribution >= 0.6 is 0 Å². The van der Waals surface area contributed by atoms with Gasteiger partial charge in [0, 0.05) is 6.07 Å². The molecule has 0 heterocycles. The Morgan fingerprint density at radius 2 is 0.909 bits per heavy atom. The second-order valence-electron chi connectivity index (χ2n) is 13.4. The molecule has 4 aromatic rings. The average molecular weight is 823 g/mol. The zero-order valence-corrected chi connectivity index (χ0v) is 35.9. The number of aromatic hydroxyl groups is 1. The van der Waals surface area contributed by atoms with E-state index in [1.54, 1.807) is 24.3 Å². The third-order valence-corrected chi connectivity index (χ3v) is 10.6. The van der Waals surface area contributed by atoms with E-state index in [1.807, 2.05) is 6.07 Å². The number of phenols is 1. The standard InChI is InChI=1S/2C21H28O5S.Ca/c2*1-2-3-4-5-6-7-8-9-17-10-11-19(16-21(17)22)26-18-12-14-20(15-13-18)27(23,24)25;/h2*10-16,22H,2-9H2,1H3,(H,23,24,25);/q;;+2/p-2. The van der Waals surface area contributed by atoms with Crippen molar-refractivity contribution in [2.24, 2.45) is 0 Å². The molecule has 2 N–H and O–H groups in total. The smallest absolute Gasteiger partial charge is 0.872 e. The van der Waals surface area contributed by atoms with Crippen molar-refractivity contribution in [1.82, 2.24) is 0 Å². The average Bonchev–Trinajstić information content (AvgIpc) is 3.12. The predicted octanol–water partition coefficient (Wildman–Crippen LogP) is 10.1. The van der Waals surface area contributed by atoms with Crippen molar-refractivity contribution in [3.05, 3.63) is 96.1 Å². The summed E-state index contributed by atoms with van der Waals surface area (Å²) in [5.41, 5.74) is 1.68. The van der Waals surface area contributed by atoms with Crippen LogP contribution in [0.5, 0.6) is 34.5 Å². The molecule has 0 atom stereocenters. The Bertz CT molecular complexity index is 1770. The predicted molar refractivity (Wildman–Crippen MR) is 214 cm³/mol. The maximum Gasteiger partial charge on any atom is 2.00 e. The van der Waals surface area contributed by atoms with Crippen LogP contribution in [0.25, 0.3) is 0 Å². The van der Waals surface area contributed by atoms with Crippen molar-refractivity contribution < 1.29 is 45.6 Å². The maximum absolute atomic E-state index is 12.2. The molecule has 0 spiro atoms. The van der Waals surface area contributed by atoms with Crippen LogP contribution in [0, 0.1) is 0 Å². The molecule has 0 aliphatic rings. The van der Waals surface area contributed by atoms with Crippen molar-refractivity contribution in [3.8, 4) is 34.5 Å². The van der Waals surface area contributed by atoms with Crippen LogP contribution in [0.1, 0.15) is 115 Å². The molecule has 296 valence electrons. The van der Waals surface area contributed by atoms with Gasteiger partial charge in [0.15, 0.2) is 0 Å². The van der Waals surface area contributed by atoms with Gasteiger partial charge in [-0.15, -0.1) is 5.75 Å². The molecule has 0 aromatic heterocycles. The second-order valence-corrected chi connectivity index (χ2v) is 16.2. The molecule has 0 fully saturated rings. The van der Waals surface area contributed by atoms with Crippen molar-refractivity contribution in [1.29, 1.82) is 0 Å². The first-order chi connectivity index (χ1) is 25.8. The molecular weight excluding hydrogens is 769 g/mol. The first-order valence-corrected chi connectivity index (χ1v) is 21.8. The third kappa shape index (κ3) is 18.8. The van der Waals surface area contributed by atoms with Gasteiger partial charge in [0.25, 0.3) is 10.1 Å². The molecule has 55 heavy (non-hydrogen) atoms. The van der Waals surface area contributed by atoms with E-state index in [0.717, 1.165) is 43.2 Å². The summed E-state index contributed by atoms with van der Waals surface area (Å²) < 4.78 is 75.0. The Balaban J connectivity index is 0.000000373. The third-order valence-electron chi connectivity index (χ3n) is 8.90. The Labute approximate surface area is 357 Å². The number of aryl methyl sites for hydroxylation is 2. The van der Waals surface area contributed by atoms with E-state index in [0.29, 0.717) is 23.0 Å². The number of benzene rings is 4. The molecule has 0 saturated heterocycles. The summed E-state index contributed by atoms with van der Waals surface area (Å²) in [6, 6.07) is 20.7. The normalized spacial score (nSPS) is 11.3. The van der Waals surface area contributed by atoms with Crippen LogP contribution in [0.2, 0.25) is 0 Å². The van der Waals surface area contributed by atoms with Gasteiger partial charge >= 0.3 is 37.7 Å². The van der Waals surface area contributed by atoms with Crippen molar-refractivity contribution in [3.63, 3.8) is 0 Å². The first kappa shape index (κ1) is 48.3. The first-order valence-electron chi connectivity index (χ1n) is 18.9. The molecule has 0 amide bonds. The topological polar surface area (TPSA) is 173 Å². The van der Waals surface area contributed by atoms with E-state index in [4.69, 9.17) is 14.0 Å². The van der Waals surface area contributed by atoms with Gasteiger partial charge in [-0.3, -0.25) is 4.55 Å². The number of hydrogen-bond donors (Lipinski definition) is 2. The van der Waals surface area contributed by atoms with E-state index in [9.17, 15) is 31.6 Å². The van der Waals surface area contributed by atoms with Crippen molar-refractivity contribution >= 4 is 58.0 Å². The number of rotatable bonds is 22. The molecule has 4 rings (SSSR count). The van der Waals surface area contributed by atoms with Crippen molar-refractivity contribution in [2.75, 3.05) is 0 Å². The fourth-order valence-corrected chi connectivity index (χ4v) is 6.74. The molecule has 0 saturated carbocycles. The van der Waals surface area contributed by atoms with E-state index < -0.39 is 20.2 Å². The van der Waals surface area contributed by atoms with Gasteiger partial charge in [0.2, 0.25) is 0 Å². The molecule has 10 nitrogen and oxygen atoms in total. The molecule has 0 unspecified atom stereocenters. The largest absolute Gasteiger partial charge is 2.00 e. The Hall–Kier alpha value is -2.84. The number of phenolic OH excluding ortho intramolecular Hbond substituents is 1. The Morgan fingerprint density at radius 3 is 1.33 bits per heavy atom. The van der Waals surface area contributed by atoms with Crippen LogP contribution in [0.3, 0.4) is 0 Å². The summed E-state index contributed by atoms with van der Waals surface area (Å²) in [6.45, 7) is 4.42. The zero-order valence-electron chi connectivity index (χ0n) is 32.1. The van der Waals surface area contributed by atoms with Gasteiger partial charge in [-0.1, -0.05) is 109 Å². The summed E-state index contributed by atoms with van der Waals surface area (Å²) in [6.07, 6.45) is 18.7. The van der Waals surface area contributed by atoms with Gasteiger partial charge < -0.3 is 24.2 Å². The van der Waals surface area contributed by atoms with Crippen LogP contribution in [0.15, 0.2) is 94.7 Å². The van der Waals surface area contributed by atoms with E-state index in [2.05, 4.69) is 13.8 Å². The van der Waals surface area contributed by atoms with Gasteiger partial charge in [-0.05, 0) is 98.0 Å². The molecule has 4 aromatic carbocycles. The van der Waals surface area contributed by atoms with Crippen molar-refractivity contribution in [2.45, 2.75) is 126 Å². The molecule has 0 aliphatic heterocycles. The summed E-state index contributed by atoms with van der Waals surface area (Å²) in [4.78, 5) is -0.507. The number of unbranched alkanes of at least 4 members (excludes halogenated alkanes) is 12. The molecule has 13 heteroatoms. The van der Waals surface area contributed by atoms with E-state index in [-0.39, 0.29) is 59.0 Å². The number of hydrogen-bond acceptors (Lipinski definition) is 9. The summed E-state index contributed by atoms with van der Waals surface area (Å²) in [5, 5.41) is 22.4. The van der Waals surface area contributed by atoms with E-state index in [1.165, 1.54) is 125 Å². The molecule has 0 radical (unpaired) electrons. The Kier molecular flexibility index (Phi) is 22.3. The maximum atomic E-state index is 12.2. The van der Waals surface area contributed by atoms with Gasteiger partial charge in [0.1, 0.15) is 38.9 Å². The van der Waals surface area contributed by atoms with Crippen LogP contribution in [-0.2, 0) is 33.1 Å². The Morgan fingerprint density at radius 1 is 0.527 bits per heavy atom. The summed E-state index contributed by atoms with van der Waals surface area (Å²) in [5.74, 6) is 1.78. The number of ether oxygens (including phenoxy) is 2. The van der Waals surface area contributed by atoms with Crippen LogP contribution in [-0.4, -0.2) is 68.8 Å². The zero-order chi connectivity index (χ0) is 39.4. The molecular formula is C42H54CaO10S2. The molecule has 0 aliphatic carbocycles. The minimum atomic E-state index is -4.48. The minimum Gasteiger partial charge on any atom is -0.872 e. The SMILES string of the molecule is CCCCCCCCCc1ccc(Oc2ccc(S(=O)(=O)O)cc2)cc1O.CCCCCCCCCc1ccc(Oc2ccc(S(=O)(=O)[O-])cc2)cc1[O-].[Ca+2]. The van der Waals surface area contributed by atoms with Gasteiger partial charge in [-0.2, -0.15) is 8.42 Å². The fraction of sp³-hybridized carbons (Fsp3) is 0.429. The van der Waals surface area contributed by atoms with Gasteiger partial charge in [0.05, 0.1) is 9.79 Å². The molecule has 0 bridgehead atoms. The summed E-state index contributed by atoms with van der Waals surface area (Å²) >= 11 is 0. The summed E-state index contributed by atoms with van der Waals surface area (Å²) in [7, 11) is -8.70. The van der Waals surface area contributed by atoms with Crippen LogP contribution in [0.4, 0.5) is 0 Å². The van der Waals surface area contributed by atoms with Gasteiger partial charge in [-0.25, -0.2) is 8.42 Å².